The molecule has 1 aliphatic rings. The minimum atomic E-state index is 0.0913. The van der Waals surface area contributed by atoms with Gasteiger partial charge in [0.2, 0.25) is 0 Å². The van der Waals surface area contributed by atoms with Crippen molar-refractivity contribution in [2.45, 2.75) is 33.2 Å². The highest BCUT2D eigenvalue weighted by Gasteiger charge is 2.23. The Morgan fingerprint density at radius 2 is 1.96 bits per heavy atom. The Balaban J connectivity index is 1.57. The number of ether oxygens (including phenoxy) is 1. The molecule has 0 radical (unpaired) electrons. The van der Waals surface area contributed by atoms with Gasteiger partial charge in [-0.15, -0.1) is 0 Å². The first-order valence-corrected chi connectivity index (χ1v) is 10.2. The van der Waals surface area contributed by atoms with Gasteiger partial charge in [-0.25, -0.2) is 4.68 Å². The summed E-state index contributed by atoms with van der Waals surface area (Å²) in [5, 5.41) is 4.88. The Morgan fingerprint density at radius 3 is 2.71 bits per heavy atom. The van der Waals surface area contributed by atoms with Crippen molar-refractivity contribution in [3.8, 4) is 11.4 Å². The average Bonchev–Trinajstić information content (AvgIpc) is 3.04. The Hall–Kier alpha value is -2.28. The molecule has 146 valence electrons. The predicted molar refractivity (Wildman–Crippen MR) is 114 cm³/mol. The van der Waals surface area contributed by atoms with Crippen LogP contribution < -0.4 is 0 Å². The lowest BCUT2D eigenvalue weighted by atomic mass is 10.1. The number of aromatic nitrogens is 3. The molecule has 0 amide bonds. The second-order valence-electron chi connectivity index (χ2n) is 7.21. The highest BCUT2D eigenvalue weighted by atomic mass is 32.1. The Labute approximate surface area is 171 Å². The zero-order valence-electron chi connectivity index (χ0n) is 16.4. The van der Waals surface area contributed by atoms with Crippen LogP contribution in [0.1, 0.15) is 24.2 Å². The lowest BCUT2D eigenvalue weighted by Crippen LogP contribution is -2.39. The summed E-state index contributed by atoms with van der Waals surface area (Å²) in [4.78, 5) is 2.37. The maximum atomic E-state index is 5.99. The fraction of sp³-hybridized carbons (Fsp3) is 0.364. The largest absolute Gasteiger partial charge is 0.371 e. The topological polar surface area (TPSA) is 35.2 Å². The second kappa shape index (κ2) is 8.39. The fourth-order valence-electron chi connectivity index (χ4n) is 3.71. The van der Waals surface area contributed by atoms with Crippen molar-refractivity contribution in [2.75, 3.05) is 19.7 Å². The predicted octanol–water partition coefficient (Wildman–Crippen LogP) is 4.44. The third kappa shape index (κ3) is 3.94. The van der Waals surface area contributed by atoms with E-state index in [0.717, 1.165) is 35.8 Å². The van der Waals surface area contributed by atoms with Gasteiger partial charge in [0.05, 0.1) is 19.4 Å². The summed E-state index contributed by atoms with van der Waals surface area (Å²) in [6.45, 7) is 8.12. The first-order valence-electron chi connectivity index (χ1n) is 9.79. The number of benzene rings is 2. The van der Waals surface area contributed by atoms with Crippen molar-refractivity contribution in [3.05, 3.63) is 70.5 Å². The summed E-state index contributed by atoms with van der Waals surface area (Å²) in [6, 6.07) is 18.8. The van der Waals surface area contributed by atoms with E-state index in [9.17, 15) is 0 Å². The molecule has 3 aromatic rings. The van der Waals surface area contributed by atoms with E-state index in [-0.39, 0.29) is 6.10 Å². The molecule has 1 saturated heterocycles. The van der Waals surface area contributed by atoms with Gasteiger partial charge in [-0.05, 0) is 37.7 Å². The van der Waals surface area contributed by atoms with E-state index in [0.29, 0.717) is 13.3 Å². The van der Waals surface area contributed by atoms with Crippen LogP contribution in [-0.4, -0.2) is 38.9 Å². The zero-order valence-corrected chi connectivity index (χ0v) is 17.2. The van der Waals surface area contributed by atoms with Crippen LogP contribution in [0.25, 0.3) is 11.4 Å². The minimum absolute atomic E-state index is 0.0913. The van der Waals surface area contributed by atoms with E-state index in [1.807, 2.05) is 10.7 Å². The van der Waals surface area contributed by atoms with Crippen LogP contribution in [0.15, 0.2) is 54.6 Å². The van der Waals surface area contributed by atoms with Gasteiger partial charge in [0.25, 0.3) is 0 Å². The van der Waals surface area contributed by atoms with E-state index in [1.165, 1.54) is 11.1 Å². The molecular weight excluding hydrogens is 368 g/mol. The van der Waals surface area contributed by atoms with E-state index in [1.54, 1.807) is 0 Å². The van der Waals surface area contributed by atoms with Crippen molar-refractivity contribution in [1.29, 1.82) is 0 Å². The minimum Gasteiger partial charge on any atom is -0.371 e. The second-order valence-corrected chi connectivity index (χ2v) is 7.57. The molecule has 0 spiro atoms. The van der Waals surface area contributed by atoms with E-state index < -0.39 is 0 Å². The first kappa shape index (κ1) is 19.1. The van der Waals surface area contributed by atoms with Crippen molar-refractivity contribution in [2.24, 2.45) is 0 Å². The molecule has 4 rings (SSSR count). The fourth-order valence-corrected chi connectivity index (χ4v) is 4.02. The first-order chi connectivity index (χ1) is 13.7. The van der Waals surface area contributed by atoms with Crippen LogP contribution in [0.3, 0.4) is 0 Å². The number of rotatable bonds is 5. The molecule has 1 aromatic heterocycles. The van der Waals surface area contributed by atoms with Gasteiger partial charge in [-0.1, -0.05) is 54.1 Å². The molecule has 2 heterocycles. The van der Waals surface area contributed by atoms with Crippen LogP contribution in [0.2, 0.25) is 0 Å². The SMILES string of the molecule is CCn1c(-c2cccc(C)c2)nn(CN2CCOC(c3ccccc3)C2)c1=S. The Morgan fingerprint density at radius 1 is 1.14 bits per heavy atom. The third-order valence-electron chi connectivity index (χ3n) is 5.17. The van der Waals surface area contributed by atoms with Gasteiger partial charge < -0.3 is 9.30 Å². The van der Waals surface area contributed by atoms with Gasteiger partial charge in [0.15, 0.2) is 10.6 Å². The van der Waals surface area contributed by atoms with E-state index >= 15 is 0 Å². The van der Waals surface area contributed by atoms with Crippen LogP contribution in [0.4, 0.5) is 0 Å². The normalized spacial score (nSPS) is 17.7. The third-order valence-corrected chi connectivity index (χ3v) is 5.60. The standard InChI is InChI=1S/C22H26N4OS/c1-3-25-21(19-11-7-8-17(2)14-19)23-26(22(25)28)16-24-12-13-27-20(15-24)18-9-5-4-6-10-18/h4-11,14,20H,3,12-13,15-16H2,1-2H3. The summed E-state index contributed by atoms with van der Waals surface area (Å²) < 4.78 is 10.8. The summed E-state index contributed by atoms with van der Waals surface area (Å²) in [5.74, 6) is 0.934. The molecule has 1 aliphatic heterocycles. The lowest BCUT2D eigenvalue weighted by molar-refractivity contribution is -0.0418. The quantitative estimate of drug-likeness (QED) is 0.599. The summed E-state index contributed by atoms with van der Waals surface area (Å²) in [6.07, 6.45) is 0.0913. The van der Waals surface area contributed by atoms with Crippen LogP contribution in [0, 0.1) is 11.7 Å². The molecule has 0 bridgehead atoms. The molecule has 0 aliphatic carbocycles. The molecule has 6 heteroatoms. The van der Waals surface area contributed by atoms with Gasteiger partial charge in [0, 0.05) is 25.2 Å². The van der Waals surface area contributed by atoms with E-state index in [2.05, 4.69) is 71.8 Å². The van der Waals surface area contributed by atoms with Crippen LogP contribution >= 0.6 is 12.2 Å². The van der Waals surface area contributed by atoms with Crippen molar-refractivity contribution in [3.63, 3.8) is 0 Å². The monoisotopic (exact) mass is 394 g/mol. The summed E-state index contributed by atoms with van der Waals surface area (Å²) >= 11 is 5.74. The number of nitrogens with zero attached hydrogens (tertiary/aromatic N) is 4. The molecule has 1 unspecified atom stereocenters. The summed E-state index contributed by atoms with van der Waals surface area (Å²) in [7, 11) is 0. The molecule has 0 saturated carbocycles. The number of aryl methyl sites for hydroxylation is 1. The summed E-state index contributed by atoms with van der Waals surface area (Å²) in [5.41, 5.74) is 3.55. The molecule has 1 fully saturated rings. The van der Waals surface area contributed by atoms with Crippen molar-refractivity contribution < 1.29 is 4.74 Å². The molecule has 1 atom stereocenters. The van der Waals surface area contributed by atoms with Crippen LogP contribution in [0.5, 0.6) is 0 Å². The lowest BCUT2D eigenvalue weighted by Gasteiger charge is -2.32. The molecule has 2 aromatic carbocycles. The van der Waals surface area contributed by atoms with Gasteiger partial charge in [-0.2, -0.15) is 5.10 Å². The Kier molecular flexibility index (Phi) is 5.71. The highest BCUT2D eigenvalue weighted by Crippen LogP contribution is 2.23. The molecular formula is C22H26N4OS. The number of hydrogen-bond acceptors (Lipinski definition) is 4. The number of hydrogen-bond donors (Lipinski definition) is 0. The average molecular weight is 395 g/mol. The zero-order chi connectivity index (χ0) is 19.5. The molecule has 0 N–H and O–H groups in total. The van der Waals surface area contributed by atoms with Crippen molar-refractivity contribution >= 4 is 12.2 Å². The van der Waals surface area contributed by atoms with Crippen molar-refractivity contribution in [1.82, 2.24) is 19.2 Å². The van der Waals surface area contributed by atoms with Gasteiger partial charge in [-0.3, -0.25) is 4.90 Å². The number of morpholine rings is 1. The van der Waals surface area contributed by atoms with Crippen LogP contribution in [-0.2, 0) is 18.0 Å². The van der Waals surface area contributed by atoms with Gasteiger partial charge >= 0.3 is 0 Å². The Bertz CT molecular complexity index is 995. The highest BCUT2D eigenvalue weighted by molar-refractivity contribution is 7.71. The molecule has 5 nitrogen and oxygen atoms in total. The smallest absolute Gasteiger partial charge is 0.199 e. The van der Waals surface area contributed by atoms with E-state index in [4.69, 9.17) is 22.1 Å². The molecule has 28 heavy (non-hydrogen) atoms. The maximum absolute atomic E-state index is 5.99. The maximum Gasteiger partial charge on any atom is 0.199 e. The van der Waals surface area contributed by atoms with Gasteiger partial charge in [0.1, 0.15) is 0 Å².